The number of aromatic nitrogens is 2. The van der Waals surface area contributed by atoms with Crippen LogP contribution in [0.5, 0.6) is 5.75 Å². The number of rotatable bonds is 5. The third kappa shape index (κ3) is 4.30. The lowest BCUT2D eigenvalue weighted by Gasteiger charge is -2.07. The van der Waals surface area contributed by atoms with Gasteiger partial charge in [0.2, 0.25) is 0 Å². The molecule has 0 aliphatic heterocycles. The van der Waals surface area contributed by atoms with Gasteiger partial charge in [-0.05, 0) is 67.9 Å². The number of ether oxygens (including phenoxy) is 1. The van der Waals surface area contributed by atoms with Crippen LogP contribution in [0.3, 0.4) is 0 Å². The highest BCUT2D eigenvalue weighted by Crippen LogP contribution is 2.18. The maximum atomic E-state index is 12.9. The highest BCUT2D eigenvalue weighted by Gasteiger charge is 2.15. The molecule has 1 aromatic heterocycles. The van der Waals surface area contributed by atoms with Crippen LogP contribution in [0.1, 0.15) is 27.2 Å². The van der Waals surface area contributed by atoms with Gasteiger partial charge in [0.25, 0.3) is 5.56 Å². The summed E-state index contributed by atoms with van der Waals surface area (Å²) in [6, 6.07) is 23.7. The monoisotopic (exact) mass is 425 g/mol. The van der Waals surface area contributed by atoms with E-state index in [0.717, 1.165) is 22.5 Å². The normalized spacial score (nSPS) is 11.1. The van der Waals surface area contributed by atoms with Crippen LogP contribution in [0.2, 0.25) is 0 Å². The van der Waals surface area contributed by atoms with Gasteiger partial charge in [0, 0.05) is 13.3 Å². The van der Waals surface area contributed by atoms with Crippen molar-refractivity contribution in [1.82, 2.24) is 9.36 Å². The van der Waals surface area contributed by atoms with E-state index in [0.29, 0.717) is 17.0 Å². The quantitative estimate of drug-likeness (QED) is 0.263. The van der Waals surface area contributed by atoms with Crippen molar-refractivity contribution in [2.45, 2.75) is 13.8 Å². The highest BCUT2D eigenvalue weighted by molar-refractivity contribution is 5.91. The molecule has 0 spiro atoms. The Kier molecular flexibility index (Phi) is 5.85. The maximum Gasteiger partial charge on any atom is 0.343 e. The number of hydrogen-bond acceptors (Lipinski definition) is 4. The van der Waals surface area contributed by atoms with E-state index in [1.165, 1.54) is 0 Å². The van der Waals surface area contributed by atoms with Crippen LogP contribution < -0.4 is 10.3 Å². The first-order valence-electron chi connectivity index (χ1n) is 10.2. The van der Waals surface area contributed by atoms with Crippen molar-refractivity contribution >= 4 is 17.9 Å². The van der Waals surface area contributed by atoms with Crippen LogP contribution in [0.15, 0.2) is 88.6 Å². The summed E-state index contributed by atoms with van der Waals surface area (Å²) in [4.78, 5) is 29.7. The molecule has 6 heteroatoms. The van der Waals surface area contributed by atoms with E-state index in [4.69, 9.17) is 4.74 Å². The molecule has 1 heterocycles. The Bertz CT molecular complexity index is 1350. The standard InChI is InChI=1S/C26H23N3O3/c1-18-8-7-9-21(16-18)26(31)32-23-14-12-20(13-15-23)17-27-24-19(2)28(3)29(25(24)30)22-10-5-4-6-11-22/h4-17H,1-3H3. The first-order chi connectivity index (χ1) is 15.4. The van der Waals surface area contributed by atoms with Gasteiger partial charge >= 0.3 is 5.97 Å². The smallest absolute Gasteiger partial charge is 0.343 e. The van der Waals surface area contributed by atoms with E-state index in [-0.39, 0.29) is 5.56 Å². The average Bonchev–Trinajstić information content (AvgIpc) is 3.01. The van der Waals surface area contributed by atoms with Crippen molar-refractivity contribution < 1.29 is 9.53 Å². The number of aryl methyl sites for hydroxylation is 1. The molecule has 0 atom stereocenters. The Morgan fingerprint density at radius 2 is 1.66 bits per heavy atom. The van der Waals surface area contributed by atoms with Crippen molar-refractivity contribution in [1.29, 1.82) is 0 Å². The van der Waals surface area contributed by atoms with Crippen LogP contribution in [0, 0.1) is 13.8 Å². The van der Waals surface area contributed by atoms with Crippen LogP contribution in [-0.2, 0) is 7.05 Å². The highest BCUT2D eigenvalue weighted by atomic mass is 16.5. The molecule has 0 bridgehead atoms. The minimum Gasteiger partial charge on any atom is -0.423 e. The SMILES string of the molecule is Cc1cccc(C(=O)Oc2ccc(C=Nc3c(C)n(C)n(-c4ccccc4)c3=O)cc2)c1. The molecule has 4 aromatic rings. The predicted molar refractivity (Wildman–Crippen MR) is 126 cm³/mol. The zero-order valence-electron chi connectivity index (χ0n) is 18.1. The number of aliphatic imine (C=N–C) groups is 1. The minimum atomic E-state index is -0.406. The number of hydrogen-bond donors (Lipinski definition) is 0. The van der Waals surface area contributed by atoms with E-state index in [1.54, 1.807) is 52.0 Å². The van der Waals surface area contributed by atoms with Crippen molar-refractivity contribution in [3.05, 3.63) is 112 Å². The summed E-state index contributed by atoms with van der Waals surface area (Å²) in [6.07, 6.45) is 1.63. The lowest BCUT2D eigenvalue weighted by Crippen LogP contribution is -2.19. The second-order valence-electron chi connectivity index (χ2n) is 7.50. The maximum absolute atomic E-state index is 12.9. The van der Waals surface area contributed by atoms with Gasteiger partial charge in [-0.15, -0.1) is 0 Å². The second kappa shape index (κ2) is 8.89. The molecule has 0 radical (unpaired) electrons. The summed E-state index contributed by atoms with van der Waals surface area (Å²) in [7, 11) is 1.83. The van der Waals surface area contributed by atoms with Crippen molar-refractivity contribution in [2.24, 2.45) is 12.0 Å². The van der Waals surface area contributed by atoms with Gasteiger partial charge in [-0.2, -0.15) is 0 Å². The number of carbonyl (C=O) groups excluding carboxylic acids is 1. The molecular formula is C26H23N3O3. The van der Waals surface area contributed by atoms with E-state index in [9.17, 15) is 9.59 Å². The number of carbonyl (C=O) groups is 1. The number of benzene rings is 3. The first-order valence-corrected chi connectivity index (χ1v) is 10.2. The summed E-state index contributed by atoms with van der Waals surface area (Å²) in [5.41, 5.74) is 4.03. The topological polar surface area (TPSA) is 65.6 Å². The molecule has 0 N–H and O–H groups in total. The zero-order valence-corrected chi connectivity index (χ0v) is 18.1. The Morgan fingerprint density at radius 3 is 2.34 bits per heavy atom. The third-order valence-corrected chi connectivity index (χ3v) is 5.21. The molecule has 0 amide bonds. The Hall–Kier alpha value is -4.19. The van der Waals surface area contributed by atoms with Gasteiger partial charge in [0.1, 0.15) is 5.75 Å². The van der Waals surface area contributed by atoms with Crippen LogP contribution >= 0.6 is 0 Å². The summed E-state index contributed by atoms with van der Waals surface area (Å²) in [6.45, 7) is 3.79. The van der Waals surface area contributed by atoms with Crippen molar-refractivity contribution in [3.8, 4) is 11.4 Å². The van der Waals surface area contributed by atoms with E-state index in [1.807, 2.05) is 63.4 Å². The predicted octanol–water partition coefficient (Wildman–Crippen LogP) is 4.76. The van der Waals surface area contributed by atoms with Gasteiger partial charge in [-0.3, -0.25) is 9.48 Å². The van der Waals surface area contributed by atoms with Gasteiger partial charge < -0.3 is 4.74 Å². The fourth-order valence-corrected chi connectivity index (χ4v) is 3.40. The molecule has 0 fully saturated rings. The largest absolute Gasteiger partial charge is 0.423 e. The Morgan fingerprint density at radius 1 is 0.938 bits per heavy atom. The Balaban J connectivity index is 1.52. The van der Waals surface area contributed by atoms with Gasteiger partial charge in [-0.25, -0.2) is 14.5 Å². The number of esters is 1. The average molecular weight is 425 g/mol. The van der Waals surface area contributed by atoms with Crippen molar-refractivity contribution in [2.75, 3.05) is 0 Å². The molecule has 0 unspecified atom stereocenters. The summed E-state index contributed by atoms with van der Waals surface area (Å²) in [5, 5.41) is 0. The second-order valence-corrected chi connectivity index (χ2v) is 7.50. The zero-order chi connectivity index (χ0) is 22.7. The molecule has 32 heavy (non-hydrogen) atoms. The van der Waals surface area contributed by atoms with Crippen molar-refractivity contribution in [3.63, 3.8) is 0 Å². The minimum absolute atomic E-state index is 0.184. The number of nitrogens with zero attached hydrogens (tertiary/aromatic N) is 3. The molecule has 4 rings (SSSR count). The molecule has 160 valence electrons. The third-order valence-electron chi connectivity index (χ3n) is 5.21. The fourth-order valence-electron chi connectivity index (χ4n) is 3.40. The summed E-state index contributed by atoms with van der Waals surface area (Å²) >= 11 is 0. The molecule has 6 nitrogen and oxygen atoms in total. The van der Waals surface area contributed by atoms with Gasteiger partial charge in [0.05, 0.1) is 16.9 Å². The lowest BCUT2D eigenvalue weighted by atomic mass is 10.1. The summed E-state index contributed by atoms with van der Waals surface area (Å²) < 4.78 is 8.82. The fraction of sp³-hybridized carbons (Fsp3) is 0.115. The van der Waals surface area contributed by atoms with Crippen LogP contribution in [-0.4, -0.2) is 21.5 Å². The molecule has 0 aliphatic carbocycles. The molecule has 0 aliphatic rings. The van der Waals surface area contributed by atoms with E-state index >= 15 is 0 Å². The molecular weight excluding hydrogens is 402 g/mol. The van der Waals surface area contributed by atoms with E-state index in [2.05, 4.69) is 4.99 Å². The van der Waals surface area contributed by atoms with Gasteiger partial charge in [-0.1, -0.05) is 35.9 Å². The van der Waals surface area contributed by atoms with Crippen LogP contribution in [0.4, 0.5) is 5.69 Å². The van der Waals surface area contributed by atoms with Gasteiger partial charge in [0.15, 0.2) is 5.69 Å². The first kappa shape index (κ1) is 21.1. The van der Waals surface area contributed by atoms with E-state index < -0.39 is 5.97 Å². The lowest BCUT2D eigenvalue weighted by molar-refractivity contribution is 0.0734. The number of para-hydroxylation sites is 1. The molecule has 3 aromatic carbocycles. The van der Waals surface area contributed by atoms with Crippen LogP contribution in [0.25, 0.3) is 5.69 Å². The molecule has 0 saturated heterocycles. The molecule has 0 saturated carbocycles. The summed E-state index contributed by atoms with van der Waals surface area (Å²) in [5.74, 6) is 0.0347. The Labute approximate surface area is 186 Å².